The molecule has 3 rings (SSSR count). The lowest BCUT2D eigenvalue weighted by molar-refractivity contribution is -0.129. The van der Waals surface area contributed by atoms with Crippen LogP contribution in [0.4, 0.5) is 5.69 Å². The van der Waals surface area contributed by atoms with Crippen LogP contribution < -0.4 is 10.2 Å². The van der Waals surface area contributed by atoms with Crippen molar-refractivity contribution in [2.24, 2.45) is 5.92 Å². The zero-order valence-electron chi connectivity index (χ0n) is 16.4. The monoisotopic (exact) mass is 364 g/mol. The summed E-state index contributed by atoms with van der Waals surface area (Å²) in [4.78, 5) is 27.8. The van der Waals surface area contributed by atoms with Crippen LogP contribution in [-0.2, 0) is 21.4 Å². The SMILES string of the molecule is CC(C)CCNC(=O)C[C@@]1(Cc2ccccc2)C(=O)N(C)c2ccccc21. The van der Waals surface area contributed by atoms with Crippen molar-refractivity contribution in [2.75, 3.05) is 18.5 Å². The fraction of sp³-hybridized carbons (Fsp3) is 0.391. The van der Waals surface area contributed by atoms with Crippen LogP contribution in [0.5, 0.6) is 0 Å². The number of nitrogens with one attached hydrogen (secondary N) is 1. The summed E-state index contributed by atoms with van der Waals surface area (Å²) in [5, 5.41) is 3.01. The average molecular weight is 364 g/mol. The highest BCUT2D eigenvalue weighted by Crippen LogP contribution is 2.45. The molecule has 4 heteroatoms. The molecular formula is C23H28N2O2. The second-order valence-electron chi connectivity index (χ2n) is 7.84. The van der Waals surface area contributed by atoms with Gasteiger partial charge >= 0.3 is 0 Å². The summed E-state index contributed by atoms with van der Waals surface area (Å²) in [6, 6.07) is 17.8. The fourth-order valence-corrected chi connectivity index (χ4v) is 3.90. The van der Waals surface area contributed by atoms with Gasteiger partial charge in [-0.15, -0.1) is 0 Å². The summed E-state index contributed by atoms with van der Waals surface area (Å²) in [6.07, 6.45) is 1.62. The smallest absolute Gasteiger partial charge is 0.238 e. The molecule has 142 valence electrons. The maximum Gasteiger partial charge on any atom is 0.238 e. The minimum Gasteiger partial charge on any atom is -0.356 e. The summed E-state index contributed by atoms with van der Waals surface area (Å²) in [6.45, 7) is 4.91. The van der Waals surface area contributed by atoms with Gasteiger partial charge in [0.05, 0.1) is 5.41 Å². The minimum atomic E-state index is -0.853. The van der Waals surface area contributed by atoms with Crippen LogP contribution in [0.15, 0.2) is 54.6 Å². The van der Waals surface area contributed by atoms with E-state index < -0.39 is 5.41 Å². The molecule has 0 aromatic heterocycles. The first kappa shape index (κ1) is 19.2. The van der Waals surface area contributed by atoms with Crippen LogP contribution in [0, 0.1) is 5.92 Å². The third kappa shape index (κ3) is 3.90. The molecule has 0 unspecified atom stereocenters. The number of fused-ring (bicyclic) bond motifs is 1. The molecule has 2 amide bonds. The molecule has 0 aliphatic carbocycles. The van der Waals surface area contributed by atoms with Crippen LogP contribution in [0.3, 0.4) is 0 Å². The molecule has 0 spiro atoms. The Kier molecular flexibility index (Phi) is 5.64. The first-order valence-electron chi connectivity index (χ1n) is 9.62. The van der Waals surface area contributed by atoms with E-state index >= 15 is 0 Å². The second-order valence-corrected chi connectivity index (χ2v) is 7.84. The van der Waals surface area contributed by atoms with Crippen LogP contribution in [0.1, 0.15) is 37.8 Å². The maximum atomic E-state index is 13.4. The van der Waals surface area contributed by atoms with Crippen molar-refractivity contribution in [3.05, 3.63) is 65.7 Å². The van der Waals surface area contributed by atoms with E-state index in [0.717, 1.165) is 23.2 Å². The largest absolute Gasteiger partial charge is 0.356 e. The molecule has 1 aliphatic heterocycles. The van der Waals surface area contributed by atoms with E-state index in [1.165, 1.54) is 0 Å². The summed E-state index contributed by atoms with van der Waals surface area (Å²) in [5.41, 5.74) is 2.05. The Labute approximate surface area is 161 Å². The van der Waals surface area contributed by atoms with Gasteiger partial charge in [-0.25, -0.2) is 0 Å². The lowest BCUT2D eigenvalue weighted by atomic mass is 9.73. The Morgan fingerprint density at radius 3 is 2.44 bits per heavy atom. The number of benzene rings is 2. The van der Waals surface area contributed by atoms with Gasteiger partial charge < -0.3 is 10.2 Å². The molecule has 2 aromatic rings. The van der Waals surface area contributed by atoms with E-state index in [1.807, 2.05) is 54.6 Å². The molecule has 1 heterocycles. The second kappa shape index (κ2) is 7.95. The summed E-state index contributed by atoms with van der Waals surface area (Å²) in [7, 11) is 1.80. The topological polar surface area (TPSA) is 49.4 Å². The standard InChI is InChI=1S/C23H28N2O2/c1-17(2)13-14-24-21(26)16-23(15-18-9-5-4-6-10-18)19-11-7-8-12-20(19)25(3)22(23)27/h4-12,17H,13-16H2,1-3H3,(H,24,26)/t23-/m1/s1. The number of anilines is 1. The van der Waals surface area contributed by atoms with Crippen molar-refractivity contribution in [1.82, 2.24) is 5.32 Å². The van der Waals surface area contributed by atoms with Gasteiger partial charge in [-0.3, -0.25) is 9.59 Å². The highest BCUT2D eigenvalue weighted by molar-refractivity contribution is 6.09. The fourth-order valence-electron chi connectivity index (χ4n) is 3.90. The van der Waals surface area contributed by atoms with Gasteiger partial charge in [0, 0.05) is 25.7 Å². The number of carbonyl (C=O) groups excluding carboxylic acids is 2. The highest BCUT2D eigenvalue weighted by Gasteiger charge is 2.50. The van der Waals surface area contributed by atoms with E-state index in [2.05, 4.69) is 19.2 Å². The predicted molar refractivity (Wildman–Crippen MR) is 109 cm³/mol. The van der Waals surface area contributed by atoms with Crippen molar-refractivity contribution in [2.45, 2.75) is 38.5 Å². The Hall–Kier alpha value is -2.62. The Morgan fingerprint density at radius 2 is 1.74 bits per heavy atom. The maximum absolute atomic E-state index is 13.4. The van der Waals surface area contributed by atoms with Crippen molar-refractivity contribution in [1.29, 1.82) is 0 Å². The van der Waals surface area contributed by atoms with Crippen molar-refractivity contribution in [3.8, 4) is 0 Å². The highest BCUT2D eigenvalue weighted by atomic mass is 16.2. The van der Waals surface area contributed by atoms with E-state index in [1.54, 1.807) is 11.9 Å². The number of para-hydroxylation sites is 1. The van der Waals surface area contributed by atoms with Crippen LogP contribution in [0.2, 0.25) is 0 Å². The molecule has 0 fully saturated rings. The first-order valence-corrected chi connectivity index (χ1v) is 9.62. The third-order valence-corrected chi connectivity index (χ3v) is 5.35. The van der Waals surface area contributed by atoms with Gasteiger partial charge in [-0.2, -0.15) is 0 Å². The molecule has 1 aliphatic rings. The van der Waals surface area contributed by atoms with Gasteiger partial charge in [0.15, 0.2) is 0 Å². The predicted octanol–water partition coefficient (Wildman–Crippen LogP) is 3.70. The zero-order valence-corrected chi connectivity index (χ0v) is 16.4. The number of likely N-dealkylation sites (N-methyl/N-ethyl adjacent to an activating group) is 1. The lowest BCUT2D eigenvalue weighted by Gasteiger charge is -2.28. The van der Waals surface area contributed by atoms with Crippen molar-refractivity contribution < 1.29 is 9.59 Å². The number of hydrogen-bond acceptors (Lipinski definition) is 2. The molecule has 0 radical (unpaired) electrons. The van der Waals surface area contributed by atoms with Crippen LogP contribution in [0.25, 0.3) is 0 Å². The third-order valence-electron chi connectivity index (χ3n) is 5.35. The summed E-state index contributed by atoms with van der Waals surface area (Å²) < 4.78 is 0. The number of hydrogen-bond donors (Lipinski definition) is 1. The number of amides is 2. The van der Waals surface area contributed by atoms with Crippen LogP contribution in [-0.4, -0.2) is 25.4 Å². The summed E-state index contributed by atoms with van der Waals surface area (Å²) in [5.74, 6) is 0.458. The molecule has 0 saturated heterocycles. The molecule has 1 N–H and O–H groups in total. The number of carbonyl (C=O) groups is 2. The molecule has 4 nitrogen and oxygen atoms in total. The normalized spacial score (nSPS) is 18.7. The Morgan fingerprint density at radius 1 is 1.07 bits per heavy atom. The summed E-state index contributed by atoms with van der Waals surface area (Å²) >= 11 is 0. The Balaban J connectivity index is 1.93. The van der Waals surface area contributed by atoms with Gasteiger partial charge in [0.2, 0.25) is 11.8 Å². The van der Waals surface area contributed by atoms with Crippen molar-refractivity contribution in [3.63, 3.8) is 0 Å². The molecule has 27 heavy (non-hydrogen) atoms. The molecular weight excluding hydrogens is 336 g/mol. The van der Waals surface area contributed by atoms with E-state index in [4.69, 9.17) is 0 Å². The van der Waals surface area contributed by atoms with E-state index in [0.29, 0.717) is 18.9 Å². The molecule has 1 atom stereocenters. The molecule has 2 aromatic carbocycles. The van der Waals surface area contributed by atoms with E-state index in [-0.39, 0.29) is 18.2 Å². The number of rotatable bonds is 7. The van der Waals surface area contributed by atoms with Gasteiger partial charge in [0.1, 0.15) is 0 Å². The Bertz CT molecular complexity index is 816. The van der Waals surface area contributed by atoms with Crippen LogP contribution >= 0.6 is 0 Å². The van der Waals surface area contributed by atoms with Gasteiger partial charge in [-0.1, -0.05) is 62.4 Å². The van der Waals surface area contributed by atoms with Crippen molar-refractivity contribution >= 4 is 17.5 Å². The van der Waals surface area contributed by atoms with Gasteiger partial charge in [-0.05, 0) is 36.0 Å². The molecule has 0 bridgehead atoms. The zero-order chi connectivity index (χ0) is 19.4. The number of nitrogens with zero attached hydrogens (tertiary/aromatic N) is 1. The molecule has 0 saturated carbocycles. The van der Waals surface area contributed by atoms with E-state index in [9.17, 15) is 9.59 Å². The average Bonchev–Trinajstić information content (AvgIpc) is 2.85. The quantitative estimate of drug-likeness (QED) is 0.814. The van der Waals surface area contributed by atoms with Gasteiger partial charge in [0.25, 0.3) is 0 Å². The first-order chi connectivity index (χ1) is 12.9. The minimum absolute atomic E-state index is 0.00781. The lowest BCUT2D eigenvalue weighted by Crippen LogP contribution is -2.44.